The maximum Gasteiger partial charge on any atom is 0.105 e. The number of thiophene rings is 1. The van der Waals surface area contributed by atoms with Crippen molar-refractivity contribution in [2.24, 2.45) is 0 Å². The average Bonchev–Trinajstić information content (AvgIpc) is 2.92. The van der Waals surface area contributed by atoms with Crippen LogP contribution in [0, 0.1) is 0 Å². The predicted molar refractivity (Wildman–Crippen MR) is 86.3 cm³/mol. The number of fused-ring (bicyclic) bond motifs is 1. The van der Waals surface area contributed by atoms with Gasteiger partial charge in [-0.15, -0.1) is 11.3 Å². The second-order valence-electron chi connectivity index (χ2n) is 5.08. The van der Waals surface area contributed by atoms with Crippen LogP contribution in [0.5, 0.6) is 0 Å². The third-order valence-corrected chi connectivity index (χ3v) is 4.62. The van der Waals surface area contributed by atoms with Crippen LogP contribution < -0.4 is 0 Å². The zero-order valence-corrected chi connectivity index (χ0v) is 12.4. The van der Waals surface area contributed by atoms with Crippen molar-refractivity contribution in [3.8, 4) is 0 Å². The molecular formula is C18H18OS. The van der Waals surface area contributed by atoms with Gasteiger partial charge in [0.1, 0.15) is 6.10 Å². The fourth-order valence-electron chi connectivity index (χ4n) is 2.54. The Hall–Kier alpha value is -1.64. The smallest absolute Gasteiger partial charge is 0.105 e. The van der Waals surface area contributed by atoms with Gasteiger partial charge >= 0.3 is 0 Å². The molecule has 102 valence electrons. The van der Waals surface area contributed by atoms with E-state index in [1.54, 1.807) is 11.3 Å². The monoisotopic (exact) mass is 282 g/mol. The summed E-state index contributed by atoms with van der Waals surface area (Å²) in [7, 11) is 0. The van der Waals surface area contributed by atoms with Crippen LogP contribution in [-0.2, 0) is 6.42 Å². The number of rotatable bonds is 4. The lowest BCUT2D eigenvalue weighted by molar-refractivity contribution is 0.222. The molecular weight excluding hydrogens is 264 g/mol. The largest absolute Gasteiger partial charge is 0.384 e. The summed E-state index contributed by atoms with van der Waals surface area (Å²) in [6.45, 7) is 2.18. The minimum absolute atomic E-state index is 0.540. The Balaban J connectivity index is 1.93. The summed E-state index contributed by atoms with van der Waals surface area (Å²) in [4.78, 5) is 0. The molecule has 0 saturated heterocycles. The van der Waals surface area contributed by atoms with Gasteiger partial charge in [0.05, 0.1) is 0 Å². The summed E-state index contributed by atoms with van der Waals surface area (Å²) in [6.07, 6.45) is 1.70. The molecule has 0 radical (unpaired) electrons. The second-order valence-corrected chi connectivity index (χ2v) is 5.99. The van der Waals surface area contributed by atoms with Gasteiger partial charge in [0.2, 0.25) is 0 Å². The minimum atomic E-state index is -0.540. The van der Waals surface area contributed by atoms with Crippen LogP contribution in [0.2, 0.25) is 0 Å². The molecule has 1 N–H and O–H groups in total. The fraction of sp³-hybridized carbons (Fsp3) is 0.222. The Morgan fingerprint density at radius 2 is 1.80 bits per heavy atom. The van der Waals surface area contributed by atoms with Gasteiger partial charge in [-0.3, -0.25) is 0 Å². The number of aryl methyl sites for hydroxylation is 1. The Kier molecular flexibility index (Phi) is 3.86. The Morgan fingerprint density at radius 3 is 2.55 bits per heavy atom. The van der Waals surface area contributed by atoms with Crippen LogP contribution in [0.4, 0.5) is 0 Å². The summed E-state index contributed by atoms with van der Waals surface area (Å²) in [5, 5.41) is 13.8. The highest BCUT2D eigenvalue weighted by Gasteiger charge is 2.14. The first kappa shape index (κ1) is 13.3. The molecule has 0 spiro atoms. The van der Waals surface area contributed by atoms with Gasteiger partial charge in [-0.1, -0.05) is 55.8 Å². The van der Waals surface area contributed by atoms with E-state index in [4.69, 9.17) is 0 Å². The molecule has 2 heteroatoms. The van der Waals surface area contributed by atoms with E-state index in [9.17, 15) is 5.11 Å². The van der Waals surface area contributed by atoms with E-state index in [-0.39, 0.29) is 0 Å². The lowest BCUT2D eigenvalue weighted by atomic mass is 9.99. The van der Waals surface area contributed by atoms with E-state index >= 15 is 0 Å². The molecule has 0 aliphatic heterocycles. The minimum Gasteiger partial charge on any atom is -0.384 e. The van der Waals surface area contributed by atoms with Gasteiger partial charge in [0.15, 0.2) is 0 Å². The molecule has 1 atom stereocenters. The van der Waals surface area contributed by atoms with E-state index in [1.165, 1.54) is 10.3 Å². The molecule has 0 aliphatic carbocycles. The molecule has 1 nitrogen and oxygen atoms in total. The van der Waals surface area contributed by atoms with Gasteiger partial charge in [0.25, 0.3) is 0 Å². The van der Waals surface area contributed by atoms with Crippen molar-refractivity contribution in [3.63, 3.8) is 0 Å². The SMILES string of the molecule is CCCc1ccc(C(O)c2csc3ccccc23)cc1. The van der Waals surface area contributed by atoms with Gasteiger partial charge in [0, 0.05) is 10.3 Å². The first-order valence-corrected chi connectivity index (χ1v) is 7.90. The zero-order chi connectivity index (χ0) is 13.9. The third-order valence-electron chi connectivity index (χ3n) is 3.64. The number of hydrogen-bond acceptors (Lipinski definition) is 2. The summed E-state index contributed by atoms with van der Waals surface area (Å²) in [6, 6.07) is 16.6. The van der Waals surface area contributed by atoms with Gasteiger partial charge in [-0.2, -0.15) is 0 Å². The van der Waals surface area contributed by atoms with Crippen molar-refractivity contribution in [1.29, 1.82) is 0 Å². The molecule has 1 heterocycles. The van der Waals surface area contributed by atoms with E-state index in [0.29, 0.717) is 0 Å². The first-order valence-electron chi connectivity index (χ1n) is 7.02. The molecule has 1 unspecified atom stereocenters. The van der Waals surface area contributed by atoms with Crippen LogP contribution >= 0.6 is 11.3 Å². The van der Waals surface area contributed by atoms with Gasteiger partial charge in [-0.05, 0) is 34.4 Å². The van der Waals surface area contributed by atoms with E-state index < -0.39 is 6.10 Å². The van der Waals surface area contributed by atoms with Crippen molar-refractivity contribution in [1.82, 2.24) is 0 Å². The number of benzene rings is 2. The Morgan fingerprint density at radius 1 is 1.05 bits per heavy atom. The van der Waals surface area contributed by atoms with E-state index in [2.05, 4.69) is 36.6 Å². The summed E-state index contributed by atoms with van der Waals surface area (Å²) in [5.74, 6) is 0. The molecule has 0 amide bonds. The zero-order valence-electron chi connectivity index (χ0n) is 11.5. The lowest BCUT2D eigenvalue weighted by Crippen LogP contribution is -1.98. The Bertz CT molecular complexity index is 697. The van der Waals surface area contributed by atoms with E-state index in [1.807, 2.05) is 24.3 Å². The maximum absolute atomic E-state index is 10.6. The standard InChI is InChI=1S/C18H18OS/c1-2-5-13-8-10-14(11-9-13)18(19)16-12-20-17-7-4-3-6-15(16)17/h3-4,6-12,18-19H,2,5H2,1H3. The van der Waals surface area contributed by atoms with Crippen LogP contribution in [0.25, 0.3) is 10.1 Å². The van der Waals surface area contributed by atoms with E-state index in [0.717, 1.165) is 29.4 Å². The first-order chi connectivity index (χ1) is 9.79. The van der Waals surface area contributed by atoms with Crippen molar-refractivity contribution in [2.75, 3.05) is 0 Å². The van der Waals surface area contributed by atoms with Crippen LogP contribution in [-0.4, -0.2) is 5.11 Å². The highest BCUT2D eigenvalue weighted by atomic mass is 32.1. The molecule has 1 aromatic heterocycles. The van der Waals surface area contributed by atoms with Crippen LogP contribution in [0.3, 0.4) is 0 Å². The van der Waals surface area contributed by atoms with Crippen LogP contribution in [0.1, 0.15) is 36.1 Å². The Labute approximate surface area is 123 Å². The van der Waals surface area contributed by atoms with Crippen molar-refractivity contribution in [3.05, 3.63) is 70.6 Å². The maximum atomic E-state index is 10.6. The van der Waals surface area contributed by atoms with Crippen LogP contribution in [0.15, 0.2) is 53.9 Å². The summed E-state index contributed by atoms with van der Waals surface area (Å²) in [5.41, 5.74) is 3.31. The molecule has 20 heavy (non-hydrogen) atoms. The molecule has 3 aromatic rings. The summed E-state index contributed by atoms with van der Waals surface area (Å²) >= 11 is 1.69. The normalized spacial score (nSPS) is 12.7. The molecule has 0 fully saturated rings. The summed E-state index contributed by atoms with van der Waals surface area (Å²) < 4.78 is 1.23. The predicted octanol–water partition coefficient (Wildman–Crippen LogP) is 4.94. The molecule has 3 rings (SSSR count). The fourth-order valence-corrected chi connectivity index (χ4v) is 3.52. The number of aliphatic hydroxyl groups is 1. The van der Waals surface area contributed by atoms with Gasteiger partial charge < -0.3 is 5.11 Å². The lowest BCUT2D eigenvalue weighted by Gasteiger charge is -2.11. The molecule has 0 saturated carbocycles. The highest BCUT2D eigenvalue weighted by molar-refractivity contribution is 7.17. The van der Waals surface area contributed by atoms with Crippen molar-refractivity contribution < 1.29 is 5.11 Å². The topological polar surface area (TPSA) is 20.2 Å². The van der Waals surface area contributed by atoms with Crippen molar-refractivity contribution >= 4 is 21.4 Å². The molecule has 0 aliphatic rings. The number of hydrogen-bond donors (Lipinski definition) is 1. The van der Waals surface area contributed by atoms with Crippen molar-refractivity contribution in [2.45, 2.75) is 25.9 Å². The quantitative estimate of drug-likeness (QED) is 0.719. The number of aliphatic hydroxyl groups excluding tert-OH is 1. The second kappa shape index (κ2) is 5.78. The molecule has 2 aromatic carbocycles. The third kappa shape index (κ3) is 2.49. The molecule has 0 bridgehead atoms. The average molecular weight is 282 g/mol. The highest BCUT2D eigenvalue weighted by Crippen LogP contribution is 2.33. The van der Waals surface area contributed by atoms with Gasteiger partial charge in [-0.25, -0.2) is 0 Å².